The topological polar surface area (TPSA) is 62.4 Å². The number of thiocarbonyl (C=S) groups is 1. The zero-order valence-electron chi connectivity index (χ0n) is 13.6. The molecule has 124 valence electrons. The maximum atomic E-state index is 10.6. The largest absolute Gasteiger partial charge is 0.497 e. The van der Waals surface area contributed by atoms with Gasteiger partial charge in [-0.1, -0.05) is 11.8 Å². The highest BCUT2D eigenvalue weighted by Gasteiger charge is 2.17. The lowest BCUT2D eigenvalue weighted by Gasteiger charge is -2.12. The Morgan fingerprint density at radius 3 is 2.78 bits per heavy atom. The third kappa shape index (κ3) is 4.01. The summed E-state index contributed by atoms with van der Waals surface area (Å²) in [7, 11) is 5.58. The molecule has 23 heavy (non-hydrogen) atoms. The second kappa shape index (κ2) is 7.76. The summed E-state index contributed by atoms with van der Waals surface area (Å²) in [4.78, 5) is 2.05. The van der Waals surface area contributed by atoms with Gasteiger partial charge in [0.1, 0.15) is 5.75 Å². The molecule has 0 unspecified atom stereocenters. The molecule has 2 rings (SSSR count). The average Bonchev–Trinajstić information content (AvgIpc) is 2.80. The Bertz CT molecular complexity index is 741. The SMILES string of the molecule is COc1ccc2c(c1)c(N=NC(=S)SC)c(O)n2CCN(C)C. The van der Waals surface area contributed by atoms with Crippen molar-refractivity contribution in [3.05, 3.63) is 18.2 Å². The zero-order valence-corrected chi connectivity index (χ0v) is 15.2. The molecular formula is C15H20N4O2S2. The van der Waals surface area contributed by atoms with E-state index in [1.807, 2.05) is 43.1 Å². The van der Waals surface area contributed by atoms with E-state index in [-0.39, 0.29) is 5.88 Å². The molecule has 0 saturated heterocycles. The van der Waals surface area contributed by atoms with E-state index in [4.69, 9.17) is 17.0 Å². The van der Waals surface area contributed by atoms with Crippen molar-refractivity contribution in [1.82, 2.24) is 9.47 Å². The monoisotopic (exact) mass is 352 g/mol. The summed E-state index contributed by atoms with van der Waals surface area (Å²) in [5.41, 5.74) is 1.29. The van der Waals surface area contributed by atoms with Gasteiger partial charge in [0.2, 0.25) is 5.88 Å². The minimum Gasteiger partial charge on any atom is -0.497 e. The summed E-state index contributed by atoms with van der Waals surface area (Å²) in [6.07, 6.45) is 1.84. The molecule has 0 saturated carbocycles. The normalized spacial score (nSPS) is 11.7. The molecule has 6 nitrogen and oxygen atoms in total. The maximum Gasteiger partial charge on any atom is 0.220 e. The number of azo groups is 1. The minimum atomic E-state index is 0.0859. The summed E-state index contributed by atoms with van der Waals surface area (Å²) in [6.45, 7) is 1.44. The van der Waals surface area contributed by atoms with E-state index in [2.05, 4.69) is 15.1 Å². The Morgan fingerprint density at radius 2 is 2.17 bits per heavy atom. The van der Waals surface area contributed by atoms with Gasteiger partial charge >= 0.3 is 0 Å². The number of nitrogens with zero attached hydrogens (tertiary/aromatic N) is 4. The van der Waals surface area contributed by atoms with Crippen LogP contribution in [0.5, 0.6) is 11.6 Å². The first-order valence-corrected chi connectivity index (χ1v) is 8.64. The lowest BCUT2D eigenvalue weighted by atomic mass is 10.2. The van der Waals surface area contributed by atoms with Crippen LogP contribution in [0.4, 0.5) is 5.69 Å². The molecule has 0 aliphatic heterocycles. The molecule has 1 aromatic heterocycles. The van der Waals surface area contributed by atoms with Crippen molar-refractivity contribution in [1.29, 1.82) is 0 Å². The van der Waals surface area contributed by atoms with Crippen molar-refractivity contribution in [3.8, 4) is 11.6 Å². The number of hydrogen-bond donors (Lipinski definition) is 1. The molecule has 2 aromatic rings. The van der Waals surface area contributed by atoms with Crippen molar-refractivity contribution in [3.63, 3.8) is 0 Å². The van der Waals surface area contributed by atoms with Crippen LogP contribution in [-0.2, 0) is 6.54 Å². The van der Waals surface area contributed by atoms with Crippen LogP contribution in [-0.4, -0.2) is 52.9 Å². The molecule has 1 aromatic carbocycles. The van der Waals surface area contributed by atoms with E-state index in [1.54, 1.807) is 7.11 Å². The lowest BCUT2D eigenvalue weighted by molar-refractivity contribution is 0.361. The fourth-order valence-electron chi connectivity index (χ4n) is 2.19. The highest BCUT2D eigenvalue weighted by molar-refractivity contribution is 8.22. The van der Waals surface area contributed by atoms with Gasteiger partial charge in [0, 0.05) is 18.5 Å². The summed E-state index contributed by atoms with van der Waals surface area (Å²) in [5.74, 6) is 0.786. The summed E-state index contributed by atoms with van der Waals surface area (Å²) in [6, 6.07) is 5.62. The Hall–Kier alpha value is -1.64. The second-order valence-electron chi connectivity index (χ2n) is 5.18. The highest BCUT2D eigenvalue weighted by Crippen LogP contribution is 2.40. The minimum absolute atomic E-state index is 0.0859. The van der Waals surface area contributed by atoms with Crippen LogP contribution >= 0.6 is 24.0 Å². The van der Waals surface area contributed by atoms with E-state index >= 15 is 0 Å². The fourth-order valence-corrected chi connectivity index (χ4v) is 2.35. The predicted octanol–water partition coefficient (Wildman–Crippen LogP) is 3.65. The molecule has 1 heterocycles. The summed E-state index contributed by atoms with van der Waals surface area (Å²) in [5, 5.41) is 19.5. The van der Waals surface area contributed by atoms with Gasteiger partial charge in [0.15, 0.2) is 10.0 Å². The molecule has 0 aliphatic carbocycles. The van der Waals surface area contributed by atoms with Crippen LogP contribution in [0.1, 0.15) is 0 Å². The Balaban J connectivity index is 2.56. The molecule has 0 atom stereocenters. The fraction of sp³-hybridized carbons (Fsp3) is 0.400. The van der Waals surface area contributed by atoms with Crippen molar-refractivity contribution in [2.75, 3.05) is 34.0 Å². The van der Waals surface area contributed by atoms with Crippen molar-refractivity contribution < 1.29 is 9.84 Å². The third-order valence-corrected chi connectivity index (χ3v) is 4.41. The first kappa shape index (κ1) is 17.7. The summed E-state index contributed by atoms with van der Waals surface area (Å²) >= 11 is 6.38. The maximum absolute atomic E-state index is 10.6. The number of ether oxygens (including phenoxy) is 1. The Morgan fingerprint density at radius 1 is 1.43 bits per heavy atom. The molecule has 0 bridgehead atoms. The second-order valence-corrected chi connectivity index (χ2v) is 6.62. The number of rotatable bonds is 5. The van der Waals surface area contributed by atoms with E-state index in [0.29, 0.717) is 22.3 Å². The molecule has 1 N–H and O–H groups in total. The third-order valence-electron chi connectivity index (χ3n) is 3.39. The van der Waals surface area contributed by atoms with E-state index in [9.17, 15) is 5.11 Å². The Kier molecular flexibility index (Phi) is 5.97. The standard InChI is InChI=1S/C15H20N4O2S2/c1-18(2)7-8-19-12-6-5-10(21-3)9-11(12)13(14(19)20)16-17-15(22)23-4/h5-6,9,20H,7-8H2,1-4H3. The van der Waals surface area contributed by atoms with Gasteiger partial charge in [0.05, 0.1) is 12.6 Å². The van der Waals surface area contributed by atoms with Gasteiger partial charge in [-0.2, -0.15) is 0 Å². The van der Waals surface area contributed by atoms with Gasteiger partial charge in [0.25, 0.3) is 0 Å². The molecule has 0 amide bonds. The number of aromatic nitrogens is 1. The molecule has 0 aliphatic rings. The van der Waals surface area contributed by atoms with E-state index < -0.39 is 0 Å². The van der Waals surface area contributed by atoms with Crippen LogP contribution in [0, 0.1) is 0 Å². The van der Waals surface area contributed by atoms with Crippen molar-refractivity contribution in [2.45, 2.75) is 6.54 Å². The zero-order chi connectivity index (χ0) is 17.0. The Labute approximate surface area is 145 Å². The predicted molar refractivity (Wildman–Crippen MR) is 99.3 cm³/mol. The van der Waals surface area contributed by atoms with Gasteiger partial charge in [-0.3, -0.25) is 0 Å². The van der Waals surface area contributed by atoms with E-state index in [0.717, 1.165) is 17.4 Å². The average molecular weight is 352 g/mol. The van der Waals surface area contributed by atoms with Crippen molar-refractivity contribution in [2.24, 2.45) is 10.2 Å². The molecule has 8 heteroatoms. The smallest absolute Gasteiger partial charge is 0.220 e. The quantitative estimate of drug-likeness (QED) is 0.657. The molecular weight excluding hydrogens is 332 g/mol. The van der Waals surface area contributed by atoms with Gasteiger partial charge in [-0.15, -0.1) is 10.2 Å². The number of thioether (sulfide) groups is 1. The number of benzene rings is 1. The van der Waals surface area contributed by atoms with Crippen LogP contribution in [0.2, 0.25) is 0 Å². The van der Waals surface area contributed by atoms with Crippen LogP contribution < -0.4 is 4.74 Å². The number of hydrogen-bond acceptors (Lipinski definition) is 6. The van der Waals surface area contributed by atoms with E-state index in [1.165, 1.54) is 11.8 Å². The van der Waals surface area contributed by atoms with Gasteiger partial charge in [-0.05, 0) is 50.8 Å². The van der Waals surface area contributed by atoms with Crippen LogP contribution in [0.25, 0.3) is 10.9 Å². The number of fused-ring (bicyclic) bond motifs is 1. The van der Waals surface area contributed by atoms with Crippen molar-refractivity contribution >= 4 is 44.9 Å². The first-order chi connectivity index (χ1) is 11.0. The van der Waals surface area contributed by atoms with Gasteiger partial charge in [-0.25, -0.2) is 0 Å². The lowest BCUT2D eigenvalue weighted by Crippen LogP contribution is -2.18. The number of likely N-dealkylation sites (N-methyl/N-ethyl adjacent to an activating group) is 1. The number of methoxy groups -OCH3 is 1. The highest BCUT2D eigenvalue weighted by atomic mass is 32.2. The molecule has 0 spiro atoms. The van der Waals surface area contributed by atoms with Gasteiger partial charge < -0.3 is 19.3 Å². The first-order valence-electron chi connectivity index (χ1n) is 7.01. The molecule has 0 fully saturated rings. The van der Waals surface area contributed by atoms with Crippen LogP contribution in [0.15, 0.2) is 28.4 Å². The number of aromatic hydroxyl groups is 1. The van der Waals surface area contributed by atoms with Crippen LogP contribution in [0.3, 0.4) is 0 Å². The summed E-state index contributed by atoms with van der Waals surface area (Å²) < 4.78 is 7.51. The molecule has 0 radical (unpaired) electrons.